The second-order valence-electron chi connectivity index (χ2n) is 34.0. The Morgan fingerprint density at radius 2 is 0.713 bits per heavy atom. The summed E-state index contributed by atoms with van der Waals surface area (Å²) in [6.45, 7) is 9.65. The summed E-state index contributed by atoms with van der Waals surface area (Å²) in [5.74, 6) is 1.07. The van der Waals surface area contributed by atoms with Crippen LogP contribution in [0.25, 0.3) is 11.0 Å². The monoisotopic (exact) mass is 1740 g/mol. The van der Waals surface area contributed by atoms with Gasteiger partial charge in [0.2, 0.25) is 29.5 Å². The minimum absolute atomic E-state index is 0.00267. The number of carbonyl (C=O) groups is 6. The summed E-state index contributed by atoms with van der Waals surface area (Å²) in [5.41, 5.74) is 40.6. The highest BCUT2D eigenvalue weighted by molar-refractivity contribution is 5.96. The Kier molecular flexibility index (Phi) is 35.2. The van der Waals surface area contributed by atoms with Crippen LogP contribution in [0.4, 0.5) is 0 Å². The Labute approximate surface area is 758 Å². The maximum atomic E-state index is 14.1. The van der Waals surface area contributed by atoms with Gasteiger partial charge in [-0.25, -0.2) is 0 Å². The normalized spacial score (nSPS) is 19.4. The van der Waals surface area contributed by atoms with E-state index in [2.05, 4.69) is 179 Å². The standard InChI is InChI=1S/C36H46N6O2.C34H43N7O2.C33H38N6O3/c1-2-34(37)38-20-11-18-32-36(44)42(25-31(26-12-5-3-6-13-26)27-14-7-4-8-15-27)21-19-30(41-32)24-40-35(43)33-22-28-16-9-10-17-29(28)23-39-33;35-34(36)37-18-9-16-30-33(43)41(23-29(24-10-3-1-4-11-24)25-12-5-2-6-13-25)19-17-28(40-30)22-39-32(42)31-20-26-14-7-8-15-27(26)21-38-31;34-33(35)36-18-9-15-28-32(41)39(22-27(23-10-3-1-4-11-23)24-12-5-2-6-13-24)19-17-26(38-28)21-37-31(40)30-20-25-14-7-8-16-29(25)42-30/h3-10,12-17,30-33,39,41H,2,11,18-25H2,1H3,(H2,37,38)(H,40,43);1-8,10-15,28-31,38,40H,9,16-23H2,(H,39,42)(H4,35,36,37);1-8,10-14,16,20,26-28,38H,9,15,17-19,21-22H2,(H,37,40)(H4,34,35,36)/t30-,32-,33+;28-,30-,31-;26-,28-/m000/s1. The number of hydrogen-bond donors (Lipinski definition) is 13. The molecule has 0 unspecified atom stereocenters. The quantitative estimate of drug-likeness (QED) is 0.0101. The van der Waals surface area contributed by atoms with Crippen LogP contribution in [0.15, 0.2) is 280 Å². The van der Waals surface area contributed by atoms with Crippen LogP contribution >= 0.6 is 0 Å². The van der Waals surface area contributed by atoms with Crippen LogP contribution in [-0.4, -0.2) is 195 Å². The molecule has 0 spiro atoms. The summed E-state index contributed by atoms with van der Waals surface area (Å²) in [5, 5.41) is 27.7. The van der Waals surface area contributed by atoms with Gasteiger partial charge >= 0.3 is 0 Å². The van der Waals surface area contributed by atoms with Crippen LogP contribution in [0.5, 0.6) is 0 Å². The number of amides is 6. The van der Waals surface area contributed by atoms with Crippen LogP contribution in [0.1, 0.15) is 155 Å². The first kappa shape index (κ1) is 93.8. The fourth-order valence-electron chi connectivity index (χ4n) is 17.9. The number of hydrogen-bond acceptors (Lipinski definition) is 15. The molecule has 3 fully saturated rings. The molecule has 1 aromatic heterocycles. The molecule has 8 atom stereocenters. The number of rotatable bonds is 34. The molecule has 18 N–H and O–H groups in total. The first-order chi connectivity index (χ1) is 63.0. The smallest absolute Gasteiger partial charge is 0.287 e. The maximum Gasteiger partial charge on any atom is 0.287 e. The van der Waals surface area contributed by atoms with Gasteiger partial charge in [-0.1, -0.05) is 256 Å². The zero-order valence-corrected chi connectivity index (χ0v) is 74.0. The van der Waals surface area contributed by atoms with Crippen molar-refractivity contribution in [1.29, 1.82) is 0 Å². The number of nitrogens with zero attached hydrogens (tertiary/aromatic N) is 6. The number of nitrogens with one attached hydrogen (secondary N) is 8. The first-order valence-electron chi connectivity index (χ1n) is 45.7. The molecule has 9 aromatic carbocycles. The van der Waals surface area contributed by atoms with E-state index in [0.717, 1.165) is 42.2 Å². The van der Waals surface area contributed by atoms with E-state index >= 15 is 0 Å². The number of aliphatic imine (C=N–C) groups is 3. The van der Waals surface area contributed by atoms with E-state index in [1.54, 1.807) is 6.07 Å². The molecular formula is C103H127N19O7. The number of fused-ring (bicyclic) bond motifs is 3. The maximum absolute atomic E-state index is 14.1. The van der Waals surface area contributed by atoms with Crippen molar-refractivity contribution in [1.82, 2.24) is 57.2 Å². The van der Waals surface area contributed by atoms with E-state index in [4.69, 9.17) is 33.1 Å². The number of benzene rings is 9. The van der Waals surface area contributed by atoms with Crippen molar-refractivity contribution in [3.63, 3.8) is 0 Å². The van der Waals surface area contributed by atoms with Crippen molar-refractivity contribution in [3.05, 3.63) is 322 Å². The van der Waals surface area contributed by atoms with Crippen molar-refractivity contribution in [3.8, 4) is 0 Å². The SMILES string of the molecule is CCC(N)=NCCC[C@@H]1N[C@H](CNC(=O)[C@H]2Cc3ccccc3CN2)CCN(CC(c2ccccc2)c2ccccc2)C1=O.NC(N)=NCCC[C@@H]1N[C@H](CNC(=O)[C@@H]2Cc3ccccc3CN2)CCN(CC(c2ccccc2)c2ccccc2)C1=O.NC(N)=NCCC[C@@H]1N[C@H](CNC(=O)c2cc3ccccc3o2)CCN(CC(c2ccccc2)c2ccccc2)C1=O. The lowest BCUT2D eigenvalue weighted by molar-refractivity contribution is -0.133. The molecule has 26 heteroatoms. The third-order valence-electron chi connectivity index (χ3n) is 25.0. The lowest BCUT2D eigenvalue weighted by Gasteiger charge is -2.29. The van der Waals surface area contributed by atoms with Crippen molar-refractivity contribution >= 4 is 64.2 Å². The molecule has 129 heavy (non-hydrogen) atoms. The molecule has 0 aliphatic carbocycles. The summed E-state index contributed by atoms with van der Waals surface area (Å²) in [7, 11) is 0. The van der Waals surface area contributed by atoms with Gasteiger partial charge in [0.05, 0.1) is 36.0 Å². The van der Waals surface area contributed by atoms with Gasteiger partial charge in [0.15, 0.2) is 17.7 Å². The second kappa shape index (κ2) is 48.4. The Hall–Kier alpha value is -12.9. The number of para-hydroxylation sites is 1. The molecule has 6 amide bonds. The van der Waals surface area contributed by atoms with E-state index in [0.29, 0.717) is 154 Å². The summed E-state index contributed by atoms with van der Waals surface area (Å²) in [4.78, 5) is 100.0. The number of carbonyl (C=O) groups excluding carboxylic acids is 6. The van der Waals surface area contributed by atoms with Crippen molar-refractivity contribution in [2.24, 2.45) is 43.6 Å². The van der Waals surface area contributed by atoms with Gasteiger partial charge in [-0.15, -0.1) is 0 Å². The fraction of sp³-hybridized carbons (Fsp3) is 0.369. The van der Waals surface area contributed by atoms with Crippen molar-refractivity contribution in [2.75, 3.05) is 78.5 Å². The largest absolute Gasteiger partial charge is 0.451 e. The number of nitrogens with two attached hydrogens (primary N) is 5. The average molecular weight is 1740 g/mol. The molecule has 3 saturated heterocycles. The molecule has 0 bridgehead atoms. The topological polar surface area (TPSA) is 389 Å². The molecule has 0 saturated carbocycles. The van der Waals surface area contributed by atoms with E-state index in [1.807, 2.05) is 155 Å². The molecule has 26 nitrogen and oxygen atoms in total. The Morgan fingerprint density at radius 3 is 1.05 bits per heavy atom. The number of guanidine groups is 2. The molecule has 5 aliphatic heterocycles. The van der Waals surface area contributed by atoms with Gasteiger partial charge in [0.1, 0.15) is 5.58 Å². The zero-order chi connectivity index (χ0) is 90.1. The van der Waals surface area contributed by atoms with E-state index in [9.17, 15) is 28.8 Å². The molecule has 10 aromatic rings. The van der Waals surface area contributed by atoms with Gasteiger partial charge in [-0.3, -0.25) is 43.7 Å². The third-order valence-corrected chi connectivity index (χ3v) is 25.0. The predicted octanol–water partition coefficient (Wildman–Crippen LogP) is 9.63. The lowest BCUT2D eigenvalue weighted by Crippen LogP contribution is -2.52. The number of amidine groups is 1. The van der Waals surface area contributed by atoms with Crippen LogP contribution < -0.4 is 71.2 Å². The van der Waals surface area contributed by atoms with E-state index in [1.165, 1.54) is 44.5 Å². The lowest BCUT2D eigenvalue weighted by atomic mass is 9.90. The molecule has 676 valence electrons. The first-order valence-corrected chi connectivity index (χ1v) is 45.7. The van der Waals surface area contributed by atoms with Crippen molar-refractivity contribution in [2.45, 2.75) is 163 Å². The van der Waals surface area contributed by atoms with Crippen molar-refractivity contribution < 1.29 is 33.2 Å². The van der Waals surface area contributed by atoms with Crippen LogP contribution in [0.3, 0.4) is 0 Å². The molecule has 15 rings (SSSR count). The summed E-state index contributed by atoms with van der Waals surface area (Å²) >= 11 is 0. The van der Waals surface area contributed by atoms with E-state index < -0.39 is 12.1 Å². The summed E-state index contributed by atoms with van der Waals surface area (Å²) in [6, 6.07) is 86.0. The van der Waals surface area contributed by atoms with Gasteiger partial charge in [0, 0.05) is 139 Å². The highest BCUT2D eigenvalue weighted by Crippen LogP contribution is 2.32. The average Bonchev–Trinajstić information content (AvgIpc) is 1.75. The Balaban J connectivity index is 0.000000165. The third kappa shape index (κ3) is 27.6. The van der Waals surface area contributed by atoms with Gasteiger partial charge in [-0.05, 0) is 138 Å². The zero-order valence-electron chi connectivity index (χ0n) is 74.0. The Bertz CT molecular complexity index is 5160. The predicted molar refractivity (Wildman–Crippen MR) is 512 cm³/mol. The van der Waals surface area contributed by atoms with Gasteiger partial charge in [0.25, 0.3) is 5.91 Å². The molecule has 6 heterocycles. The minimum atomic E-state index is -0.429. The van der Waals surface area contributed by atoms with Gasteiger partial charge in [-0.2, -0.15) is 0 Å². The second-order valence-corrected chi connectivity index (χ2v) is 34.0. The molecular weight excluding hydrogens is 1620 g/mol. The Morgan fingerprint density at radius 1 is 0.403 bits per heavy atom. The summed E-state index contributed by atoms with van der Waals surface area (Å²) in [6.07, 6.45) is 8.12. The fourth-order valence-corrected chi connectivity index (χ4v) is 17.9. The van der Waals surface area contributed by atoms with Crippen LogP contribution in [-0.2, 0) is 49.9 Å². The highest BCUT2D eigenvalue weighted by Gasteiger charge is 2.38. The highest BCUT2D eigenvalue weighted by atomic mass is 16.3. The van der Waals surface area contributed by atoms with Crippen LogP contribution in [0.2, 0.25) is 0 Å². The van der Waals surface area contributed by atoms with Crippen LogP contribution in [0, 0.1) is 0 Å². The molecule has 5 aliphatic rings. The molecule has 0 radical (unpaired) electrons. The minimum Gasteiger partial charge on any atom is -0.451 e. The van der Waals surface area contributed by atoms with E-state index in [-0.39, 0.29) is 107 Å². The summed E-state index contributed by atoms with van der Waals surface area (Å²) < 4.78 is 5.73. The number of furan rings is 1. The van der Waals surface area contributed by atoms with Gasteiger partial charge < -0.3 is 90.3 Å².